The van der Waals surface area contributed by atoms with Crippen LogP contribution in [0.3, 0.4) is 0 Å². The minimum Gasteiger partial charge on any atom is -0.296 e. The molecule has 0 saturated heterocycles. The van der Waals surface area contributed by atoms with E-state index in [0.29, 0.717) is 28.2 Å². The third-order valence-electron chi connectivity index (χ3n) is 4.19. The summed E-state index contributed by atoms with van der Waals surface area (Å²) in [6, 6.07) is 2.18. The van der Waals surface area contributed by atoms with Crippen LogP contribution >= 0.6 is 11.3 Å². The molecule has 1 aliphatic rings. The predicted octanol–water partition coefficient (Wildman–Crippen LogP) is 2.21. The number of nitrogens with one attached hydrogen (secondary N) is 1. The molecule has 8 nitrogen and oxygen atoms in total. The van der Waals surface area contributed by atoms with Gasteiger partial charge < -0.3 is 0 Å². The van der Waals surface area contributed by atoms with Gasteiger partial charge in [-0.1, -0.05) is 0 Å². The monoisotopic (exact) mass is 437 g/mol. The molecule has 12 heteroatoms. The average Bonchev–Trinajstić information content (AvgIpc) is 3.09. The molecular formula is C17H13F2N5O3S2. The Kier molecular flexibility index (Phi) is 5.06. The van der Waals surface area contributed by atoms with Crippen molar-refractivity contribution in [1.82, 2.24) is 19.3 Å². The Morgan fingerprint density at radius 1 is 1.17 bits per heavy atom. The summed E-state index contributed by atoms with van der Waals surface area (Å²) in [5.41, 5.74) is 0.791. The molecule has 0 aliphatic carbocycles. The topological polar surface area (TPSA) is 105 Å². The van der Waals surface area contributed by atoms with E-state index in [-0.39, 0.29) is 18.8 Å². The lowest BCUT2D eigenvalue weighted by Crippen LogP contribution is -2.35. The van der Waals surface area contributed by atoms with Crippen molar-refractivity contribution < 1.29 is 22.0 Å². The Hall–Kier alpha value is -2.83. The first kappa shape index (κ1) is 19.5. The second-order valence-electron chi connectivity index (χ2n) is 6.13. The highest BCUT2D eigenvalue weighted by atomic mass is 32.2. The molecule has 0 fully saturated rings. The first-order valence-corrected chi connectivity index (χ1v) is 10.6. The van der Waals surface area contributed by atoms with Crippen LogP contribution in [0, 0.1) is 11.6 Å². The van der Waals surface area contributed by atoms with Crippen molar-refractivity contribution in [1.29, 1.82) is 0 Å². The molecule has 0 saturated carbocycles. The van der Waals surface area contributed by atoms with Crippen molar-refractivity contribution in [2.75, 3.05) is 11.9 Å². The third kappa shape index (κ3) is 3.99. The first-order valence-electron chi connectivity index (χ1n) is 8.35. The maximum atomic E-state index is 13.4. The molecule has 0 unspecified atom stereocenters. The maximum absolute atomic E-state index is 13.4. The summed E-state index contributed by atoms with van der Waals surface area (Å²) < 4.78 is 53.6. The summed E-state index contributed by atoms with van der Waals surface area (Å²) in [4.78, 5) is 24.4. The van der Waals surface area contributed by atoms with Gasteiger partial charge in [-0.15, -0.1) is 11.3 Å². The number of sulfonamides is 1. The van der Waals surface area contributed by atoms with Crippen molar-refractivity contribution in [2.45, 2.75) is 17.9 Å². The van der Waals surface area contributed by atoms with Crippen molar-refractivity contribution in [3.8, 4) is 0 Å². The molecule has 1 N–H and O–H groups in total. The molecule has 2 aromatic heterocycles. The van der Waals surface area contributed by atoms with Crippen LogP contribution in [-0.2, 0) is 23.0 Å². The van der Waals surface area contributed by atoms with Crippen LogP contribution in [0.5, 0.6) is 0 Å². The van der Waals surface area contributed by atoms with E-state index in [0.717, 1.165) is 27.8 Å². The molecular weight excluding hydrogens is 424 g/mol. The van der Waals surface area contributed by atoms with Gasteiger partial charge >= 0.3 is 0 Å². The summed E-state index contributed by atoms with van der Waals surface area (Å²) in [6.07, 6.45) is 4.46. The Morgan fingerprint density at radius 3 is 2.62 bits per heavy atom. The van der Waals surface area contributed by atoms with Crippen LogP contribution in [0.25, 0.3) is 0 Å². The smallest absolute Gasteiger partial charge is 0.277 e. The number of thiazole rings is 1. The fourth-order valence-electron chi connectivity index (χ4n) is 2.83. The lowest BCUT2D eigenvalue weighted by atomic mass is 10.2. The Bertz CT molecular complexity index is 1160. The summed E-state index contributed by atoms with van der Waals surface area (Å²) in [6.45, 7) is 0.100. The summed E-state index contributed by atoms with van der Waals surface area (Å²) in [5, 5.41) is 2.92. The van der Waals surface area contributed by atoms with Crippen LogP contribution < -0.4 is 5.32 Å². The number of rotatable bonds is 4. The van der Waals surface area contributed by atoms with Gasteiger partial charge in [0.1, 0.15) is 17.3 Å². The van der Waals surface area contributed by atoms with E-state index in [2.05, 4.69) is 20.3 Å². The largest absolute Gasteiger partial charge is 0.296 e. The SMILES string of the molecule is O=C(Nc1nc2c(s1)CN(S(=O)(=O)c1cc(F)cc(F)c1)CC2)c1cnccn1. The predicted molar refractivity (Wildman–Crippen MR) is 99.8 cm³/mol. The molecule has 29 heavy (non-hydrogen) atoms. The number of benzene rings is 1. The molecule has 3 aromatic rings. The number of hydrogen-bond acceptors (Lipinski definition) is 7. The van der Waals surface area contributed by atoms with Crippen LogP contribution in [0.4, 0.5) is 13.9 Å². The zero-order valence-corrected chi connectivity index (χ0v) is 16.3. The summed E-state index contributed by atoms with van der Waals surface area (Å²) in [7, 11) is -4.08. The number of hydrogen-bond donors (Lipinski definition) is 1. The molecule has 1 aliphatic heterocycles. The van der Waals surface area contributed by atoms with E-state index in [1.165, 1.54) is 18.6 Å². The van der Waals surface area contributed by atoms with E-state index in [9.17, 15) is 22.0 Å². The zero-order valence-electron chi connectivity index (χ0n) is 14.7. The molecule has 0 atom stereocenters. The zero-order chi connectivity index (χ0) is 20.6. The van der Waals surface area contributed by atoms with E-state index in [1.54, 1.807) is 0 Å². The molecule has 4 rings (SSSR count). The van der Waals surface area contributed by atoms with E-state index < -0.39 is 32.5 Å². The van der Waals surface area contributed by atoms with E-state index in [4.69, 9.17) is 0 Å². The van der Waals surface area contributed by atoms with Crippen molar-refractivity contribution in [2.24, 2.45) is 0 Å². The molecule has 0 spiro atoms. The second-order valence-corrected chi connectivity index (χ2v) is 9.15. The van der Waals surface area contributed by atoms with Gasteiger partial charge in [0.15, 0.2) is 5.13 Å². The first-order chi connectivity index (χ1) is 13.8. The van der Waals surface area contributed by atoms with Gasteiger partial charge in [-0.3, -0.25) is 15.1 Å². The highest BCUT2D eigenvalue weighted by Crippen LogP contribution is 2.31. The van der Waals surface area contributed by atoms with Gasteiger partial charge in [0, 0.05) is 36.3 Å². The third-order valence-corrected chi connectivity index (χ3v) is 7.01. The lowest BCUT2D eigenvalue weighted by Gasteiger charge is -2.25. The highest BCUT2D eigenvalue weighted by Gasteiger charge is 2.31. The molecule has 0 radical (unpaired) electrons. The number of amides is 1. The summed E-state index contributed by atoms with van der Waals surface area (Å²) >= 11 is 1.13. The number of nitrogens with zero attached hydrogens (tertiary/aromatic N) is 4. The number of anilines is 1. The van der Waals surface area contributed by atoms with Gasteiger partial charge in [-0.05, 0) is 12.1 Å². The van der Waals surface area contributed by atoms with Crippen LogP contribution in [0.2, 0.25) is 0 Å². The lowest BCUT2D eigenvalue weighted by molar-refractivity contribution is 0.102. The van der Waals surface area contributed by atoms with Gasteiger partial charge in [-0.2, -0.15) is 4.31 Å². The Labute approximate surface area is 168 Å². The molecule has 3 heterocycles. The minimum atomic E-state index is -4.08. The van der Waals surface area contributed by atoms with Crippen molar-refractivity contribution in [3.63, 3.8) is 0 Å². The maximum Gasteiger partial charge on any atom is 0.277 e. The van der Waals surface area contributed by atoms with Crippen molar-refractivity contribution >= 4 is 32.4 Å². The summed E-state index contributed by atoms with van der Waals surface area (Å²) in [5.74, 6) is -2.41. The van der Waals surface area contributed by atoms with Crippen molar-refractivity contribution in [3.05, 3.63) is 64.7 Å². The number of carbonyl (C=O) groups excluding carboxylic acids is 1. The van der Waals surface area contributed by atoms with Gasteiger partial charge in [0.05, 0.1) is 23.3 Å². The highest BCUT2D eigenvalue weighted by molar-refractivity contribution is 7.89. The second kappa shape index (κ2) is 7.54. The van der Waals surface area contributed by atoms with Crippen LogP contribution in [0.1, 0.15) is 21.1 Å². The van der Waals surface area contributed by atoms with Crippen LogP contribution in [-0.4, -0.2) is 40.1 Å². The normalized spacial score (nSPS) is 14.4. The number of fused-ring (bicyclic) bond motifs is 1. The Balaban J connectivity index is 1.54. The Morgan fingerprint density at radius 2 is 1.93 bits per heavy atom. The standard InChI is InChI=1S/C17H13F2N5O3S2/c18-10-5-11(19)7-12(6-10)29(26,27)24-4-1-13-15(9-24)28-17(22-13)23-16(25)14-8-20-2-3-21-14/h2-3,5-8H,1,4,9H2,(H,22,23,25). The number of aromatic nitrogens is 3. The van der Waals surface area contributed by atoms with Gasteiger partial charge in [0.25, 0.3) is 5.91 Å². The van der Waals surface area contributed by atoms with E-state index >= 15 is 0 Å². The van der Waals surface area contributed by atoms with Gasteiger partial charge in [0.2, 0.25) is 10.0 Å². The quantitative estimate of drug-likeness (QED) is 0.671. The average molecular weight is 437 g/mol. The molecule has 1 aromatic carbocycles. The van der Waals surface area contributed by atoms with E-state index in [1.807, 2.05) is 0 Å². The fourth-order valence-corrected chi connectivity index (χ4v) is 5.39. The number of halogens is 2. The minimum absolute atomic E-state index is 0.00548. The van der Waals surface area contributed by atoms with Crippen LogP contribution in [0.15, 0.2) is 41.7 Å². The van der Waals surface area contributed by atoms with Gasteiger partial charge in [-0.25, -0.2) is 27.2 Å². The molecule has 150 valence electrons. The molecule has 0 bridgehead atoms. The fraction of sp³-hybridized carbons (Fsp3) is 0.176. The number of carbonyl (C=O) groups is 1. The molecule has 1 amide bonds.